The zero-order chi connectivity index (χ0) is 14.5. The van der Waals surface area contributed by atoms with Gasteiger partial charge in [-0.25, -0.2) is 4.98 Å². The van der Waals surface area contributed by atoms with E-state index in [4.69, 9.17) is 0 Å². The summed E-state index contributed by atoms with van der Waals surface area (Å²) >= 11 is 0. The van der Waals surface area contributed by atoms with Gasteiger partial charge in [0.1, 0.15) is 5.82 Å². The predicted octanol–water partition coefficient (Wildman–Crippen LogP) is 3.03. The van der Waals surface area contributed by atoms with Gasteiger partial charge in [-0.05, 0) is 57.7 Å². The molecule has 0 atom stereocenters. The van der Waals surface area contributed by atoms with Gasteiger partial charge in [0.25, 0.3) is 5.91 Å². The Morgan fingerprint density at radius 2 is 1.95 bits per heavy atom. The molecule has 1 aliphatic heterocycles. The fourth-order valence-corrected chi connectivity index (χ4v) is 2.60. The number of likely N-dealkylation sites (tertiary alicyclic amines) is 1. The van der Waals surface area contributed by atoms with Crippen LogP contribution in [0.15, 0.2) is 23.9 Å². The van der Waals surface area contributed by atoms with E-state index in [0.29, 0.717) is 5.82 Å². The Bertz CT molecular complexity index is 496. The molecule has 1 amide bonds. The Kier molecular flexibility index (Phi) is 4.77. The number of amides is 1. The summed E-state index contributed by atoms with van der Waals surface area (Å²) in [6.45, 7) is 8.03. The zero-order valence-corrected chi connectivity index (χ0v) is 12.6. The largest absolute Gasteiger partial charge is 0.375 e. The van der Waals surface area contributed by atoms with Crippen molar-refractivity contribution in [3.05, 3.63) is 35.2 Å². The average molecular weight is 273 g/mol. The molecule has 108 valence electrons. The summed E-state index contributed by atoms with van der Waals surface area (Å²) in [6, 6.07) is 3.87. The van der Waals surface area contributed by atoms with E-state index >= 15 is 0 Å². The maximum absolute atomic E-state index is 12.0. The molecule has 1 aromatic rings. The molecule has 4 heteroatoms. The molecule has 1 saturated heterocycles. The first-order chi connectivity index (χ1) is 9.54. The van der Waals surface area contributed by atoms with Crippen LogP contribution in [0.25, 0.3) is 0 Å². The monoisotopic (exact) mass is 273 g/mol. The van der Waals surface area contributed by atoms with Crippen molar-refractivity contribution in [2.45, 2.75) is 40.0 Å². The number of pyridine rings is 1. The van der Waals surface area contributed by atoms with Crippen LogP contribution in [0.4, 0.5) is 5.82 Å². The molecule has 2 rings (SSSR count). The van der Waals surface area contributed by atoms with Crippen LogP contribution in [0.3, 0.4) is 0 Å². The molecule has 0 saturated carbocycles. The third-order valence-electron chi connectivity index (χ3n) is 3.54. The number of carbonyl (C=O) groups is 1. The average Bonchev–Trinajstić information content (AvgIpc) is 2.38. The van der Waals surface area contributed by atoms with Gasteiger partial charge in [0.2, 0.25) is 0 Å². The molecule has 0 bridgehead atoms. The second kappa shape index (κ2) is 6.55. The molecule has 1 aromatic heterocycles. The van der Waals surface area contributed by atoms with Crippen LogP contribution in [0.5, 0.6) is 0 Å². The van der Waals surface area contributed by atoms with Crippen molar-refractivity contribution in [3.8, 4) is 0 Å². The number of nitrogens with zero attached hydrogens (tertiary/aromatic N) is 2. The molecule has 0 unspecified atom stereocenters. The van der Waals surface area contributed by atoms with E-state index in [1.54, 1.807) is 6.08 Å². The molecule has 0 spiro atoms. The van der Waals surface area contributed by atoms with Gasteiger partial charge in [0.15, 0.2) is 0 Å². The second-order valence-corrected chi connectivity index (χ2v) is 5.49. The molecular formula is C16H23N3O. The molecule has 1 N–H and O–H groups in total. The summed E-state index contributed by atoms with van der Waals surface area (Å²) < 4.78 is 0. The maximum atomic E-state index is 12.0. The van der Waals surface area contributed by atoms with E-state index in [9.17, 15) is 4.79 Å². The topological polar surface area (TPSA) is 45.2 Å². The quantitative estimate of drug-likeness (QED) is 0.861. The number of anilines is 1. The van der Waals surface area contributed by atoms with E-state index in [2.05, 4.69) is 15.2 Å². The van der Waals surface area contributed by atoms with E-state index < -0.39 is 0 Å². The van der Waals surface area contributed by atoms with Crippen molar-refractivity contribution in [1.82, 2.24) is 9.88 Å². The number of hydrogen-bond acceptors (Lipinski definition) is 3. The number of aryl methyl sites for hydroxylation is 2. The van der Waals surface area contributed by atoms with Crippen LogP contribution < -0.4 is 5.32 Å². The van der Waals surface area contributed by atoms with E-state index in [1.165, 1.54) is 19.3 Å². The Labute approximate surface area is 120 Å². The van der Waals surface area contributed by atoms with E-state index in [0.717, 1.165) is 30.0 Å². The van der Waals surface area contributed by atoms with Crippen molar-refractivity contribution in [1.29, 1.82) is 0 Å². The highest BCUT2D eigenvalue weighted by Gasteiger charge is 2.11. The van der Waals surface area contributed by atoms with Crippen molar-refractivity contribution >= 4 is 11.7 Å². The summed E-state index contributed by atoms with van der Waals surface area (Å²) in [6.07, 6.45) is 5.39. The summed E-state index contributed by atoms with van der Waals surface area (Å²) in [5, 5.41) is 2.84. The maximum Gasteiger partial charge on any atom is 0.251 e. The Balaban J connectivity index is 2.00. The highest BCUT2D eigenvalue weighted by atomic mass is 16.1. The van der Waals surface area contributed by atoms with Crippen molar-refractivity contribution in [2.75, 3.05) is 18.4 Å². The highest BCUT2D eigenvalue weighted by Crippen LogP contribution is 2.14. The first-order valence-electron chi connectivity index (χ1n) is 7.24. The summed E-state index contributed by atoms with van der Waals surface area (Å²) in [5.41, 5.74) is 3.05. The number of allylic oxidation sites excluding steroid dienone is 1. The minimum Gasteiger partial charge on any atom is -0.375 e. The molecule has 20 heavy (non-hydrogen) atoms. The summed E-state index contributed by atoms with van der Waals surface area (Å²) in [4.78, 5) is 18.6. The zero-order valence-electron chi connectivity index (χ0n) is 12.6. The molecule has 0 aliphatic carbocycles. The van der Waals surface area contributed by atoms with E-state index in [-0.39, 0.29) is 5.91 Å². The number of hydrogen-bond donors (Lipinski definition) is 1. The molecular weight excluding hydrogens is 250 g/mol. The van der Waals surface area contributed by atoms with Gasteiger partial charge < -0.3 is 10.2 Å². The van der Waals surface area contributed by atoms with Crippen molar-refractivity contribution in [3.63, 3.8) is 0 Å². The SMILES string of the molecule is CC(=CC(=O)Nc1cc(C)cc(C)n1)N1CCCCC1. The lowest BCUT2D eigenvalue weighted by molar-refractivity contribution is -0.112. The number of rotatable bonds is 3. The second-order valence-electron chi connectivity index (χ2n) is 5.49. The van der Waals surface area contributed by atoms with Gasteiger partial charge in [-0.15, -0.1) is 0 Å². The molecule has 4 nitrogen and oxygen atoms in total. The van der Waals surface area contributed by atoms with Crippen LogP contribution in [0.2, 0.25) is 0 Å². The molecule has 2 heterocycles. The van der Waals surface area contributed by atoms with Gasteiger partial charge in [-0.2, -0.15) is 0 Å². The van der Waals surface area contributed by atoms with Crippen molar-refractivity contribution < 1.29 is 4.79 Å². The Hall–Kier alpha value is -1.84. The summed E-state index contributed by atoms with van der Waals surface area (Å²) in [7, 11) is 0. The van der Waals surface area contributed by atoms with Gasteiger partial charge in [0.05, 0.1) is 0 Å². The van der Waals surface area contributed by atoms with Crippen LogP contribution in [-0.4, -0.2) is 28.9 Å². The summed E-state index contributed by atoms with van der Waals surface area (Å²) in [5.74, 6) is 0.515. The Morgan fingerprint density at radius 1 is 1.25 bits per heavy atom. The van der Waals surface area contributed by atoms with Gasteiger partial charge >= 0.3 is 0 Å². The van der Waals surface area contributed by atoms with Gasteiger partial charge in [-0.1, -0.05) is 0 Å². The minimum atomic E-state index is -0.106. The normalized spacial score (nSPS) is 16.1. The standard InChI is InChI=1S/C16H23N3O/c1-12-9-13(2)17-15(10-12)18-16(20)11-14(3)19-7-5-4-6-8-19/h9-11H,4-8H2,1-3H3,(H,17,18,20). The van der Waals surface area contributed by atoms with Crippen LogP contribution in [-0.2, 0) is 4.79 Å². The molecule has 0 aromatic carbocycles. The number of aromatic nitrogens is 1. The first kappa shape index (κ1) is 14.6. The van der Waals surface area contributed by atoms with Crippen molar-refractivity contribution in [2.24, 2.45) is 0 Å². The highest BCUT2D eigenvalue weighted by molar-refractivity contribution is 5.99. The predicted molar refractivity (Wildman–Crippen MR) is 81.5 cm³/mol. The smallest absolute Gasteiger partial charge is 0.251 e. The lowest BCUT2D eigenvalue weighted by atomic mass is 10.1. The fourth-order valence-electron chi connectivity index (χ4n) is 2.60. The number of nitrogens with one attached hydrogen (secondary N) is 1. The van der Waals surface area contributed by atoms with Crippen LogP contribution in [0, 0.1) is 13.8 Å². The van der Waals surface area contributed by atoms with Crippen LogP contribution in [0.1, 0.15) is 37.4 Å². The number of piperidine rings is 1. The Morgan fingerprint density at radius 3 is 2.60 bits per heavy atom. The molecule has 1 fully saturated rings. The third kappa shape index (κ3) is 4.08. The third-order valence-corrected chi connectivity index (χ3v) is 3.54. The molecule has 1 aliphatic rings. The van der Waals surface area contributed by atoms with Gasteiger partial charge in [-0.3, -0.25) is 4.79 Å². The van der Waals surface area contributed by atoms with Gasteiger partial charge in [0, 0.05) is 30.6 Å². The van der Waals surface area contributed by atoms with Crippen LogP contribution >= 0.6 is 0 Å². The molecule has 0 radical (unpaired) electrons. The fraction of sp³-hybridized carbons (Fsp3) is 0.500. The van der Waals surface area contributed by atoms with E-state index in [1.807, 2.05) is 32.9 Å². The minimum absolute atomic E-state index is 0.106. The number of carbonyl (C=O) groups excluding carboxylic acids is 1. The lowest BCUT2D eigenvalue weighted by Crippen LogP contribution is -2.28. The first-order valence-corrected chi connectivity index (χ1v) is 7.24. The lowest BCUT2D eigenvalue weighted by Gasteiger charge is -2.29.